The van der Waals surface area contributed by atoms with Crippen LogP contribution >= 0.6 is 0 Å². The van der Waals surface area contributed by atoms with E-state index < -0.39 is 0 Å². The summed E-state index contributed by atoms with van der Waals surface area (Å²) in [6.07, 6.45) is 0. The van der Waals surface area contributed by atoms with Gasteiger partial charge < -0.3 is 14.2 Å². The maximum Gasteiger partial charge on any atom is 0.231 e. The molecule has 0 aliphatic carbocycles. The Bertz CT molecular complexity index is 1010. The number of nitrogens with zero attached hydrogens (tertiary/aromatic N) is 2. The highest BCUT2D eigenvalue weighted by Crippen LogP contribution is 2.42. The lowest BCUT2D eigenvalue weighted by Gasteiger charge is -2.34. The Hall–Kier alpha value is -2.76. The van der Waals surface area contributed by atoms with E-state index in [1.165, 1.54) is 21.9 Å². The monoisotopic (exact) mass is 390 g/mol. The highest BCUT2D eigenvalue weighted by Gasteiger charge is 2.22. The first-order valence-corrected chi connectivity index (χ1v) is 10.2. The lowest BCUT2D eigenvalue weighted by Crippen LogP contribution is -2.45. The molecule has 0 spiro atoms. The SMILES string of the molecule is COc1cc(CN2CCN(Cc3ccc4ccccc4c3)CC2)cc2c1OCO2. The fraction of sp³-hybridized carbons (Fsp3) is 0.333. The fourth-order valence-corrected chi connectivity index (χ4v) is 4.23. The fourth-order valence-electron chi connectivity index (χ4n) is 4.23. The van der Waals surface area contributed by atoms with Gasteiger partial charge in [-0.25, -0.2) is 0 Å². The van der Waals surface area contributed by atoms with Crippen molar-refractivity contribution in [2.24, 2.45) is 0 Å². The minimum atomic E-state index is 0.266. The number of piperazine rings is 1. The van der Waals surface area contributed by atoms with Crippen LogP contribution in [-0.4, -0.2) is 49.9 Å². The van der Waals surface area contributed by atoms with E-state index in [2.05, 4.69) is 64.4 Å². The zero-order chi connectivity index (χ0) is 19.6. The molecule has 150 valence electrons. The molecule has 2 aliphatic heterocycles. The van der Waals surface area contributed by atoms with Gasteiger partial charge in [-0.1, -0.05) is 36.4 Å². The van der Waals surface area contributed by atoms with Crippen molar-refractivity contribution in [1.82, 2.24) is 9.80 Å². The Morgan fingerprint density at radius 2 is 1.52 bits per heavy atom. The molecule has 5 rings (SSSR count). The maximum atomic E-state index is 5.56. The standard InChI is InChI=1S/C24H26N2O3/c1-27-22-13-19(14-23-24(22)29-17-28-23)16-26-10-8-25(9-11-26)15-18-6-7-20-4-2-3-5-21(20)12-18/h2-7,12-14H,8-11,15-17H2,1H3. The first-order chi connectivity index (χ1) is 14.3. The quantitative estimate of drug-likeness (QED) is 0.660. The molecule has 0 amide bonds. The molecule has 3 aromatic rings. The molecule has 5 nitrogen and oxygen atoms in total. The molecule has 0 unspecified atom stereocenters. The van der Waals surface area contributed by atoms with Gasteiger partial charge in [-0.2, -0.15) is 0 Å². The van der Waals surface area contributed by atoms with Crippen LogP contribution in [0.2, 0.25) is 0 Å². The van der Waals surface area contributed by atoms with Gasteiger partial charge in [0, 0.05) is 39.3 Å². The minimum absolute atomic E-state index is 0.266. The third-order valence-corrected chi connectivity index (χ3v) is 5.81. The van der Waals surface area contributed by atoms with Gasteiger partial charge in [0.25, 0.3) is 0 Å². The van der Waals surface area contributed by atoms with Crippen LogP contribution in [0.1, 0.15) is 11.1 Å². The second-order valence-electron chi connectivity index (χ2n) is 7.77. The molecule has 1 fully saturated rings. The molecular weight excluding hydrogens is 364 g/mol. The van der Waals surface area contributed by atoms with Gasteiger partial charge in [-0.05, 0) is 40.1 Å². The van der Waals surface area contributed by atoms with Crippen molar-refractivity contribution in [2.75, 3.05) is 40.1 Å². The van der Waals surface area contributed by atoms with Crippen LogP contribution < -0.4 is 14.2 Å². The summed E-state index contributed by atoms with van der Waals surface area (Å²) in [5.74, 6) is 2.26. The summed E-state index contributed by atoms with van der Waals surface area (Å²) in [5.41, 5.74) is 2.59. The first-order valence-electron chi connectivity index (χ1n) is 10.2. The Kier molecular flexibility index (Phi) is 5.00. The van der Waals surface area contributed by atoms with Crippen LogP contribution in [0.25, 0.3) is 10.8 Å². The molecule has 2 heterocycles. The summed E-state index contributed by atoms with van der Waals surface area (Å²) in [4.78, 5) is 5.04. The van der Waals surface area contributed by atoms with Crippen LogP contribution in [0.15, 0.2) is 54.6 Å². The van der Waals surface area contributed by atoms with E-state index in [-0.39, 0.29) is 6.79 Å². The average molecular weight is 390 g/mol. The van der Waals surface area contributed by atoms with Gasteiger partial charge in [-0.15, -0.1) is 0 Å². The average Bonchev–Trinajstić information content (AvgIpc) is 3.23. The number of fused-ring (bicyclic) bond motifs is 2. The van der Waals surface area contributed by atoms with Crippen LogP contribution in [0.3, 0.4) is 0 Å². The lowest BCUT2D eigenvalue weighted by molar-refractivity contribution is 0.122. The highest BCUT2D eigenvalue weighted by molar-refractivity contribution is 5.82. The van der Waals surface area contributed by atoms with E-state index in [0.29, 0.717) is 0 Å². The van der Waals surface area contributed by atoms with E-state index in [9.17, 15) is 0 Å². The third kappa shape index (κ3) is 3.88. The van der Waals surface area contributed by atoms with Crippen LogP contribution in [0.5, 0.6) is 17.2 Å². The molecular formula is C24H26N2O3. The number of hydrogen-bond acceptors (Lipinski definition) is 5. The van der Waals surface area contributed by atoms with Gasteiger partial charge in [0.15, 0.2) is 11.5 Å². The van der Waals surface area contributed by atoms with Crippen molar-refractivity contribution in [3.63, 3.8) is 0 Å². The summed E-state index contributed by atoms with van der Waals surface area (Å²) in [7, 11) is 1.67. The Morgan fingerprint density at radius 1 is 0.793 bits per heavy atom. The van der Waals surface area contributed by atoms with Crippen molar-refractivity contribution in [3.8, 4) is 17.2 Å². The number of rotatable bonds is 5. The molecule has 0 atom stereocenters. The maximum absolute atomic E-state index is 5.56. The zero-order valence-electron chi connectivity index (χ0n) is 16.8. The van der Waals surface area contributed by atoms with Crippen LogP contribution in [-0.2, 0) is 13.1 Å². The molecule has 0 saturated carbocycles. The van der Waals surface area contributed by atoms with Gasteiger partial charge >= 0.3 is 0 Å². The lowest BCUT2D eigenvalue weighted by atomic mass is 10.1. The largest absolute Gasteiger partial charge is 0.493 e. The second-order valence-corrected chi connectivity index (χ2v) is 7.77. The molecule has 0 bridgehead atoms. The van der Waals surface area contributed by atoms with E-state index in [4.69, 9.17) is 14.2 Å². The molecule has 0 N–H and O–H groups in total. The topological polar surface area (TPSA) is 34.2 Å². The number of methoxy groups -OCH3 is 1. The number of benzene rings is 3. The van der Waals surface area contributed by atoms with Gasteiger partial charge in [-0.3, -0.25) is 9.80 Å². The predicted octanol–water partition coefficient (Wildman–Crippen LogP) is 3.89. The van der Waals surface area contributed by atoms with Crippen LogP contribution in [0.4, 0.5) is 0 Å². The summed E-state index contributed by atoms with van der Waals surface area (Å²) in [6, 6.07) is 19.5. The van der Waals surface area contributed by atoms with Crippen molar-refractivity contribution >= 4 is 10.8 Å². The normalized spacial score (nSPS) is 17.0. The van der Waals surface area contributed by atoms with E-state index in [1.54, 1.807) is 7.11 Å². The Labute approximate surface area is 171 Å². The number of ether oxygens (including phenoxy) is 3. The van der Waals surface area contributed by atoms with Gasteiger partial charge in [0.1, 0.15) is 0 Å². The first kappa shape index (κ1) is 18.3. The van der Waals surface area contributed by atoms with Crippen LogP contribution in [0, 0.1) is 0 Å². The van der Waals surface area contributed by atoms with Crippen molar-refractivity contribution in [3.05, 3.63) is 65.7 Å². The smallest absolute Gasteiger partial charge is 0.231 e. The van der Waals surface area contributed by atoms with Crippen molar-refractivity contribution < 1.29 is 14.2 Å². The van der Waals surface area contributed by atoms with E-state index in [1.807, 2.05) is 0 Å². The van der Waals surface area contributed by atoms with Gasteiger partial charge in [0.2, 0.25) is 12.5 Å². The number of hydrogen-bond donors (Lipinski definition) is 0. The molecule has 0 radical (unpaired) electrons. The minimum Gasteiger partial charge on any atom is -0.493 e. The zero-order valence-corrected chi connectivity index (χ0v) is 16.8. The summed E-state index contributed by atoms with van der Waals surface area (Å²) in [6.45, 7) is 6.45. The highest BCUT2D eigenvalue weighted by atomic mass is 16.7. The second kappa shape index (κ2) is 7.93. The Morgan fingerprint density at radius 3 is 2.28 bits per heavy atom. The molecule has 29 heavy (non-hydrogen) atoms. The summed E-state index contributed by atoms with van der Waals surface area (Å²) in [5, 5.41) is 2.63. The third-order valence-electron chi connectivity index (χ3n) is 5.81. The van der Waals surface area contributed by atoms with Crippen molar-refractivity contribution in [1.29, 1.82) is 0 Å². The molecule has 3 aromatic carbocycles. The van der Waals surface area contributed by atoms with E-state index >= 15 is 0 Å². The molecule has 5 heteroatoms. The molecule has 0 aromatic heterocycles. The van der Waals surface area contributed by atoms with E-state index in [0.717, 1.165) is 56.5 Å². The predicted molar refractivity (Wildman–Crippen MR) is 114 cm³/mol. The summed E-state index contributed by atoms with van der Waals surface area (Å²) < 4.78 is 16.5. The molecule has 2 aliphatic rings. The Balaban J connectivity index is 1.19. The molecule has 1 saturated heterocycles. The summed E-state index contributed by atoms with van der Waals surface area (Å²) >= 11 is 0. The van der Waals surface area contributed by atoms with Gasteiger partial charge in [0.05, 0.1) is 7.11 Å². The van der Waals surface area contributed by atoms with Crippen molar-refractivity contribution in [2.45, 2.75) is 13.1 Å².